The molecule has 1 aliphatic heterocycles. The maximum absolute atomic E-state index is 13.2. The van der Waals surface area contributed by atoms with Crippen LogP contribution in [0.1, 0.15) is 43.7 Å². The van der Waals surface area contributed by atoms with Gasteiger partial charge >= 0.3 is 0 Å². The van der Waals surface area contributed by atoms with Crippen molar-refractivity contribution in [1.82, 2.24) is 14.7 Å². The van der Waals surface area contributed by atoms with Crippen LogP contribution in [-0.2, 0) is 6.54 Å². The lowest BCUT2D eigenvalue weighted by Crippen LogP contribution is -2.39. The summed E-state index contributed by atoms with van der Waals surface area (Å²) in [6, 6.07) is 0.682. The Labute approximate surface area is 142 Å². The van der Waals surface area contributed by atoms with Gasteiger partial charge in [0, 0.05) is 50.3 Å². The van der Waals surface area contributed by atoms with Crippen LogP contribution < -0.4 is 5.73 Å². The highest BCUT2D eigenvalue weighted by atomic mass is 35.5. The Balaban J connectivity index is 0.00000121. The molecule has 1 aromatic rings. The Bertz CT molecular complexity index is 459. The van der Waals surface area contributed by atoms with E-state index in [1.165, 1.54) is 0 Å². The van der Waals surface area contributed by atoms with Gasteiger partial charge in [-0.25, -0.2) is 8.78 Å². The molecule has 2 aliphatic rings. The molecule has 0 amide bonds. The molecule has 0 bridgehead atoms. The molecule has 1 saturated carbocycles. The molecule has 1 aliphatic carbocycles. The zero-order chi connectivity index (χ0) is 14.2. The van der Waals surface area contributed by atoms with Crippen molar-refractivity contribution < 1.29 is 8.78 Å². The summed E-state index contributed by atoms with van der Waals surface area (Å²) in [5.41, 5.74) is 6.64. The minimum Gasteiger partial charge on any atom is -0.326 e. The van der Waals surface area contributed by atoms with Crippen molar-refractivity contribution in [2.24, 2.45) is 5.73 Å². The van der Waals surface area contributed by atoms with Gasteiger partial charge in [0.15, 0.2) is 0 Å². The summed E-state index contributed by atoms with van der Waals surface area (Å²) in [6.45, 7) is 2.41. The second kappa shape index (κ2) is 7.90. The zero-order valence-electron chi connectivity index (χ0n) is 12.5. The smallest absolute Gasteiger partial charge is 0.248 e. The molecule has 1 atom stereocenters. The van der Waals surface area contributed by atoms with Crippen LogP contribution in [0, 0.1) is 0 Å². The first-order valence-corrected chi connectivity index (χ1v) is 7.42. The second-order valence-electron chi connectivity index (χ2n) is 6.06. The fourth-order valence-corrected chi connectivity index (χ4v) is 3.39. The third-order valence-corrected chi connectivity index (χ3v) is 4.66. The average molecular weight is 357 g/mol. The lowest BCUT2D eigenvalue weighted by Gasteiger charge is -2.34. The van der Waals surface area contributed by atoms with E-state index >= 15 is 0 Å². The molecule has 4 nitrogen and oxygen atoms in total. The van der Waals surface area contributed by atoms with Gasteiger partial charge in [-0.2, -0.15) is 5.10 Å². The van der Waals surface area contributed by atoms with Crippen molar-refractivity contribution in [3.63, 3.8) is 0 Å². The number of nitrogens with two attached hydrogens (primary N) is 1. The number of hydrogen-bond acceptors (Lipinski definition) is 3. The van der Waals surface area contributed by atoms with Crippen LogP contribution in [0.25, 0.3) is 0 Å². The average Bonchev–Trinajstić information content (AvgIpc) is 3.07. The van der Waals surface area contributed by atoms with Gasteiger partial charge in [-0.1, -0.05) is 0 Å². The predicted molar refractivity (Wildman–Crippen MR) is 87.0 cm³/mol. The van der Waals surface area contributed by atoms with E-state index in [4.69, 9.17) is 5.73 Å². The van der Waals surface area contributed by atoms with E-state index in [1.54, 1.807) is 0 Å². The van der Waals surface area contributed by atoms with Crippen molar-refractivity contribution in [3.05, 3.63) is 18.0 Å². The lowest BCUT2D eigenvalue weighted by molar-refractivity contribution is -0.0518. The summed E-state index contributed by atoms with van der Waals surface area (Å²) in [7, 11) is 0. The van der Waals surface area contributed by atoms with E-state index in [0.717, 1.165) is 25.1 Å². The zero-order valence-corrected chi connectivity index (χ0v) is 14.1. The molecule has 0 aromatic carbocycles. The first kappa shape index (κ1) is 19.6. The van der Waals surface area contributed by atoms with Crippen molar-refractivity contribution in [3.8, 4) is 0 Å². The Morgan fingerprint density at radius 2 is 1.86 bits per heavy atom. The predicted octanol–water partition coefficient (Wildman–Crippen LogP) is 3.01. The number of aromatic nitrogens is 2. The van der Waals surface area contributed by atoms with Crippen LogP contribution in [0.2, 0.25) is 0 Å². The second-order valence-corrected chi connectivity index (χ2v) is 6.06. The molecule has 22 heavy (non-hydrogen) atoms. The van der Waals surface area contributed by atoms with Crippen LogP contribution in [0.4, 0.5) is 8.78 Å². The molecule has 0 radical (unpaired) electrons. The molecular weight excluding hydrogens is 333 g/mol. The van der Waals surface area contributed by atoms with Gasteiger partial charge in [-0.15, -0.1) is 24.8 Å². The third-order valence-electron chi connectivity index (χ3n) is 4.66. The fourth-order valence-electron chi connectivity index (χ4n) is 3.39. The van der Waals surface area contributed by atoms with Crippen LogP contribution in [0.15, 0.2) is 12.4 Å². The topological polar surface area (TPSA) is 47.1 Å². The summed E-state index contributed by atoms with van der Waals surface area (Å²) in [6.07, 6.45) is 6.17. The largest absolute Gasteiger partial charge is 0.326 e. The van der Waals surface area contributed by atoms with Crippen molar-refractivity contribution in [2.75, 3.05) is 13.1 Å². The van der Waals surface area contributed by atoms with Crippen LogP contribution in [0.3, 0.4) is 0 Å². The first-order valence-electron chi connectivity index (χ1n) is 7.42. The SMILES string of the molecule is Cl.Cl.NCc1cnn([C@@H]2CCN(C3CCC(F)(F)CC3)C2)c1. The molecular formula is C14H24Cl2F2N4. The number of rotatable bonds is 3. The Morgan fingerprint density at radius 3 is 2.45 bits per heavy atom. The van der Waals surface area contributed by atoms with E-state index in [2.05, 4.69) is 10.00 Å². The number of halogens is 4. The highest BCUT2D eigenvalue weighted by Gasteiger charge is 2.38. The first-order chi connectivity index (χ1) is 9.57. The van der Waals surface area contributed by atoms with Gasteiger partial charge in [-0.05, 0) is 19.3 Å². The van der Waals surface area contributed by atoms with E-state index in [0.29, 0.717) is 31.5 Å². The minimum absolute atomic E-state index is 0. The van der Waals surface area contributed by atoms with E-state index in [1.807, 2.05) is 17.1 Å². The summed E-state index contributed by atoms with van der Waals surface area (Å²) in [5.74, 6) is -2.44. The van der Waals surface area contributed by atoms with Gasteiger partial charge < -0.3 is 5.73 Å². The lowest BCUT2D eigenvalue weighted by atomic mass is 9.91. The van der Waals surface area contributed by atoms with Crippen LogP contribution >= 0.6 is 24.8 Å². The number of nitrogens with zero attached hydrogens (tertiary/aromatic N) is 3. The summed E-state index contributed by atoms with van der Waals surface area (Å²) >= 11 is 0. The Hall–Kier alpha value is -0.430. The maximum Gasteiger partial charge on any atom is 0.248 e. The quantitative estimate of drug-likeness (QED) is 0.905. The molecule has 8 heteroatoms. The normalized spacial score (nSPS) is 25.5. The van der Waals surface area contributed by atoms with Gasteiger partial charge in [0.25, 0.3) is 0 Å². The minimum atomic E-state index is -2.44. The van der Waals surface area contributed by atoms with Crippen molar-refractivity contribution >= 4 is 24.8 Å². The molecule has 2 heterocycles. The maximum atomic E-state index is 13.2. The van der Waals surface area contributed by atoms with Crippen LogP contribution in [-0.4, -0.2) is 39.7 Å². The van der Waals surface area contributed by atoms with Gasteiger partial charge in [0.2, 0.25) is 5.92 Å². The summed E-state index contributed by atoms with van der Waals surface area (Å²) < 4.78 is 28.4. The standard InChI is InChI=1S/C14H22F2N4.2ClH/c15-14(16)4-1-12(2-5-14)19-6-3-13(10-19)20-9-11(7-17)8-18-20;;/h8-9,12-13H,1-7,10,17H2;2*1H/t13-;;/m1../s1. The monoisotopic (exact) mass is 356 g/mol. The van der Waals surface area contributed by atoms with Crippen LogP contribution in [0.5, 0.6) is 0 Å². The molecule has 1 aromatic heterocycles. The van der Waals surface area contributed by atoms with Gasteiger partial charge in [0.1, 0.15) is 0 Å². The third kappa shape index (κ3) is 4.31. The van der Waals surface area contributed by atoms with Crippen molar-refractivity contribution in [1.29, 1.82) is 0 Å². The highest BCUT2D eigenvalue weighted by molar-refractivity contribution is 5.85. The molecule has 1 saturated heterocycles. The summed E-state index contributed by atoms with van der Waals surface area (Å²) in [4.78, 5) is 2.36. The van der Waals surface area contributed by atoms with Gasteiger partial charge in [-0.3, -0.25) is 9.58 Å². The Kier molecular flexibility index (Phi) is 7.05. The van der Waals surface area contributed by atoms with E-state index in [9.17, 15) is 8.78 Å². The molecule has 0 unspecified atom stereocenters. The Morgan fingerprint density at radius 1 is 1.18 bits per heavy atom. The highest BCUT2D eigenvalue weighted by Crippen LogP contribution is 2.37. The van der Waals surface area contributed by atoms with E-state index in [-0.39, 0.29) is 37.7 Å². The molecule has 128 valence electrons. The van der Waals surface area contributed by atoms with Crippen molar-refractivity contribution in [2.45, 2.75) is 56.7 Å². The summed E-state index contributed by atoms with van der Waals surface area (Å²) in [5, 5.41) is 4.36. The number of likely N-dealkylation sites (tertiary alicyclic amines) is 1. The number of alkyl halides is 2. The molecule has 3 rings (SSSR count). The number of hydrogen-bond donors (Lipinski definition) is 1. The molecule has 0 spiro atoms. The van der Waals surface area contributed by atoms with E-state index < -0.39 is 5.92 Å². The fraction of sp³-hybridized carbons (Fsp3) is 0.786. The molecule has 2 fully saturated rings. The van der Waals surface area contributed by atoms with Gasteiger partial charge in [0.05, 0.1) is 12.2 Å². The molecule has 2 N–H and O–H groups in total.